The van der Waals surface area contributed by atoms with E-state index in [0.29, 0.717) is 5.02 Å². The van der Waals surface area contributed by atoms with Gasteiger partial charge < -0.3 is 17.7 Å². The molecule has 0 heterocycles. The number of aryl methyl sites for hydroxylation is 2. The molecule has 0 amide bonds. The molecule has 0 atom stereocenters. The SMILES string of the molecule is Cc1ccc(NC(=CC=[NH+]c2ccc(C)c(Cl)c2)c2ccc(Cl)cc2)cc1Cl.[Cl-]. The standard InChI is InChI=1S/C23H19Cl3N2.ClH/c1-15-3-9-19(13-21(15)25)27-12-11-23(17-5-7-18(24)8-6-17)28-20-10-4-16(2)22(26)14-20;/h3-14,28H,1-2H3;1H. The van der Waals surface area contributed by atoms with Gasteiger partial charge in [-0.2, -0.15) is 0 Å². The van der Waals surface area contributed by atoms with Gasteiger partial charge >= 0.3 is 0 Å². The molecule has 0 aliphatic heterocycles. The second kappa shape index (κ2) is 10.7. The third-order valence-corrected chi connectivity index (χ3v) is 5.34. The summed E-state index contributed by atoms with van der Waals surface area (Å²) in [6, 6.07) is 19.4. The Kier molecular flexibility index (Phi) is 8.60. The van der Waals surface area contributed by atoms with Crippen LogP contribution in [0.2, 0.25) is 15.1 Å². The number of hydrogen-bond acceptors (Lipinski definition) is 1. The molecule has 6 heteroatoms. The van der Waals surface area contributed by atoms with E-state index < -0.39 is 0 Å². The summed E-state index contributed by atoms with van der Waals surface area (Å²) < 4.78 is 0. The van der Waals surface area contributed by atoms with Crippen LogP contribution in [0.4, 0.5) is 11.4 Å². The van der Waals surface area contributed by atoms with Crippen LogP contribution < -0.4 is 22.7 Å². The first kappa shape index (κ1) is 23.3. The quantitative estimate of drug-likeness (QED) is 0.556. The first-order valence-electron chi connectivity index (χ1n) is 8.78. The van der Waals surface area contributed by atoms with Crippen LogP contribution in [0, 0.1) is 13.8 Å². The molecular formula is C23H20Cl4N2. The van der Waals surface area contributed by atoms with E-state index in [2.05, 4.69) is 10.3 Å². The average Bonchev–Trinajstić information content (AvgIpc) is 2.67. The van der Waals surface area contributed by atoms with Crippen LogP contribution in [-0.4, -0.2) is 6.21 Å². The highest BCUT2D eigenvalue weighted by atomic mass is 35.5. The summed E-state index contributed by atoms with van der Waals surface area (Å²) in [5.41, 5.74) is 5.81. The Morgan fingerprint density at radius 1 is 0.828 bits per heavy atom. The lowest BCUT2D eigenvalue weighted by molar-refractivity contribution is -0.346. The molecule has 3 aromatic rings. The maximum Gasteiger partial charge on any atom is 0.204 e. The van der Waals surface area contributed by atoms with Crippen molar-refractivity contribution in [1.29, 1.82) is 0 Å². The van der Waals surface area contributed by atoms with Crippen LogP contribution in [0.15, 0.2) is 66.7 Å². The van der Waals surface area contributed by atoms with Crippen molar-refractivity contribution in [3.63, 3.8) is 0 Å². The lowest BCUT2D eigenvalue weighted by atomic mass is 10.1. The number of anilines is 1. The highest BCUT2D eigenvalue weighted by Crippen LogP contribution is 2.24. The van der Waals surface area contributed by atoms with Gasteiger partial charge in [0.25, 0.3) is 0 Å². The van der Waals surface area contributed by atoms with Crippen molar-refractivity contribution in [2.24, 2.45) is 0 Å². The molecule has 0 unspecified atom stereocenters. The van der Waals surface area contributed by atoms with Crippen molar-refractivity contribution in [2.45, 2.75) is 13.8 Å². The van der Waals surface area contributed by atoms with Crippen molar-refractivity contribution in [2.75, 3.05) is 5.32 Å². The molecule has 150 valence electrons. The number of allylic oxidation sites excluding steroid dienone is 1. The summed E-state index contributed by atoms with van der Waals surface area (Å²) in [6.45, 7) is 3.96. The second-order valence-corrected chi connectivity index (χ2v) is 7.70. The van der Waals surface area contributed by atoms with Crippen LogP contribution in [0.1, 0.15) is 16.7 Å². The molecule has 0 aliphatic rings. The van der Waals surface area contributed by atoms with Gasteiger partial charge in [0.15, 0.2) is 6.21 Å². The molecule has 0 aliphatic carbocycles. The van der Waals surface area contributed by atoms with Crippen molar-refractivity contribution in [3.8, 4) is 0 Å². The Labute approximate surface area is 192 Å². The molecule has 0 saturated carbocycles. The summed E-state index contributed by atoms with van der Waals surface area (Å²) in [5.74, 6) is 0. The van der Waals surface area contributed by atoms with Crippen LogP contribution in [-0.2, 0) is 0 Å². The van der Waals surface area contributed by atoms with E-state index in [1.54, 1.807) is 0 Å². The summed E-state index contributed by atoms with van der Waals surface area (Å²) >= 11 is 18.5. The molecule has 0 radical (unpaired) electrons. The molecular weight excluding hydrogens is 446 g/mol. The number of nitrogens with one attached hydrogen (secondary N) is 2. The Bertz CT molecular complexity index is 1040. The Morgan fingerprint density at radius 2 is 1.45 bits per heavy atom. The maximum atomic E-state index is 6.27. The first-order chi connectivity index (χ1) is 13.4. The van der Waals surface area contributed by atoms with Gasteiger partial charge in [0, 0.05) is 33.9 Å². The summed E-state index contributed by atoms with van der Waals surface area (Å²) in [6.07, 6.45) is 3.83. The van der Waals surface area contributed by atoms with Crippen molar-refractivity contribution < 1.29 is 17.4 Å². The van der Waals surface area contributed by atoms with Gasteiger partial charge in [-0.3, -0.25) is 0 Å². The van der Waals surface area contributed by atoms with E-state index in [9.17, 15) is 0 Å². The molecule has 3 aromatic carbocycles. The third kappa shape index (κ3) is 6.52. The van der Waals surface area contributed by atoms with Gasteiger partial charge in [-0.05, 0) is 54.8 Å². The second-order valence-electron chi connectivity index (χ2n) is 6.45. The molecule has 0 aromatic heterocycles. The number of halogens is 4. The first-order valence-corrected chi connectivity index (χ1v) is 9.91. The maximum absolute atomic E-state index is 6.27. The Hall–Kier alpha value is -1.97. The van der Waals surface area contributed by atoms with Gasteiger partial charge in [0.05, 0.1) is 10.7 Å². The lowest BCUT2D eigenvalue weighted by Crippen LogP contribution is -3.00. The molecule has 2 nitrogen and oxygen atoms in total. The van der Waals surface area contributed by atoms with Crippen LogP contribution in [0.5, 0.6) is 0 Å². The zero-order chi connectivity index (χ0) is 20.1. The molecule has 0 spiro atoms. The van der Waals surface area contributed by atoms with Gasteiger partial charge in [-0.25, -0.2) is 4.99 Å². The topological polar surface area (TPSA) is 26.0 Å². The van der Waals surface area contributed by atoms with Crippen LogP contribution in [0.25, 0.3) is 5.70 Å². The number of hydrogen-bond donors (Lipinski definition) is 2. The smallest absolute Gasteiger partial charge is 0.204 e. The Balaban J connectivity index is 0.00000300. The summed E-state index contributed by atoms with van der Waals surface area (Å²) in [7, 11) is 0. The van der Waals surface area contributed by atoms with E-state index in [1.807, 2.05) is 86.8 Å². The zero-order valence-electron chi connectivity index (χ0n) is 15.9. The predicted octanol–water partition coefficient (Wildman–Crippen LogP) is 3.20. The molecule has 0 fully saturated rings. The van der Waals surface area contributed by atoms with E-state index in [-0.39, 0.29) is 12.4 Å². The largest absolute Gasteiger partial charge is 1.00 e. The third-order valence-electron chi connectivity index (χ3n) is 4.28. The minimum absolute atomic E-state index is 0. The predicted molar refractivity (Wildman–Crippen MR) is 122 cm³/mol. The normalized spacial score (nSPS) is 11.4. The fourth-order valence-corrected chi connectivity index (χ4v) is 3.06. The van der Waals surface area contributed by atoms with Gasteiger partial charge in [0.1, 0.15) is 0 Å². The van der Waals surface area contributed by atoms with E-state index in [4.69, 9.17) is 34.8 Å². The van der Waals surface area contributed by atoms with Crippen molar-refractivity contribution >= 4 is 58.1 Å². The van der Waals surface area contributed by atoms with Gasteiger partial charge in [0.2, 0.25) is 5.69 Å². The van der Waals surface area contributed by atoms with E-state index >= 15 is 0 Å². The number of rotatable bonds is 5. The average molecular weight is 466 g/mol. The molecule has 0 saturated heterocycles. The molecule has 3 rings (SSSR count). The van der Waals surface area contributed by atoms with Gasteiger partial charge in [-0.15, -0.1) is 0 Å². The van der Waals surface area contributed by atoms with Crippen molar-refractivity contribution in [3.05, 3.63) is 98.5 Å². The Morgan fingerprint density at radius 3 is 2.07 bits per heavy atom. The summed E-state index contributed by atoms with van der Waals surface area (Å²) in [5, 5.41) is 5.57. The zero-order valence-corrected chi connectivity index (χ0v) is 19.0. The minimum atomic E-state index is 0. The highest BCUT2D eigenvalue weighted by molar-refractivity contribution is 6.32. The lowest BCUT2D eigenvalue weighted by Gasteiger charge is -2.12. The van der Waals surface area contributed by atoms with E-state index in [0.717, 1.165) is 43.8 Å². The van der Waals surface area contributed by atoms with Crippen molar-refractivity contribution in [1.82, 2.24) is 0 Å². The van der Waals surface area contributed by atoms with Gasteiger partial charge in [-0.1, -0.05) is 59.1 Å². The van der Waals surface area contributed by atoms with Crippen LogP contribution >= 0.6 is 34.8 Å². The molecule has 29 heavy (non-hydrogen) atoms. The fraction of sp³-hybridized carbons (Fsp3) is 0.0870. The molecule has 2 N–H and O–H groups in total. The monoisotopic (exact) mass is 464 g/mol. The number of benzene rings is 3. The molecule has 0 bridgehead atoms. The highest BCUT2D eigenvalue weighted by Gasteiger charge is 2.05. The summed E-state index contributed by atoms with van der Waals surface area (Å²) in [4.78, 5) is 3.25. The fourth-order valence-electron chi connectivity index (χ4n) is 2.57. The minimum Gasteiger partial charge on any atom is -1.00 e. The van der Waals surface area contributed by atoms with E-state index in [1.165, 1.54) is 0 Å². The van der Waals surface area contributed by atoms with Crippen LogP contribution in [0.3, 0.4) is 0 Å².